The van der Waals surface area contributed by atoms with Crippen LogP contribution < -0.4 is 19.1 Å². The Hall–Kier alpha value is -2.69. The fourth-order valence-corrected chi connectivity index (χ4v) is 3.43. The number of alkyl halides is 3. The van der Waals surface area contributed by atoms with Gasteiger partial charge in [0.25, 0.3) is 0 Å². The molecule has 0 atom stereocenters. The van der Waals surface area contributed by atoms with Crippen LogP contribution in [-0.2, 0) is 13.1 Å². The van der Waals surface area contributed by atoms with E-state index in [1.54, 1.807) is 20.3 Å². The Kier molecular flexibility index (Phi) is 7.47. The van der Waals surface area contributed by atoms with Crippen LogP contribution in [0, 0.1) is 3.57 Å². The van der Waals surface area contributed by atoms with E-state index in [2.05, 4.69) is 9.72 Å². The van der Waals surface area contributed by atoms with Crippen molar-refractivity contribution in [2.45, 2.75) is 19.5 Å². The molecule has 9 heteroatoms. The molecule has 0 bridgehead atoms. The molecule has 3 rings (SSSR count). The molecule has 1 aromatic heterocycles. The molecular weight excluding hydrogens is 524 g/mol. The molecule has 0 saturated heterocycles. The second kappa shape index (κ2) is 10.1. The zero-order chi connectivity index (χ0) is 22.4. The first-order chi connectivity index (χ1) is 14.8. The lowest BCUT2D eigenvalue weighted by Gasteiger charge is -2.25. The maximum Gasteiger partial charge on any atom is 0.573 e. The van der Waals surface area contributed by atoms with Crippen molar-refractivity contribution in [3.63, 3.8) is 0 Å². The number of pyridine rings is 1. The second-order valence-corrected chi connectivity index (χ2v) is 7.74. The Morgan fingerprint density at radius 1 is 0.871 bits per heavy atom. The summed E-state index contributed by atoms with van der Waals surface area (Å²) in [6.45, 7) is 0.997. The number of rotatable bonds is 8. The fourth-order valence-electron chi connectivity index (χ4n) is 2.90. The largest absolute Gasteiger partial charge is 0.573 e. The van der Waals surface area contributed by atoms with Crippen molar-refractivity contribution < 1.29 is 27.4 Å². The standard InChI is InChI=1S/C22H20F3IN2O3/c1-29-17-7-3-15(4-8-17)13-28(14-16-5-9-18(30-2)10-6-16)21-11-19(26)20(12-27-21)31-22(23,24)25/h3-12H,13-14H2,1-2H3. The molecule has 0 unspecified atom stereocenters. The molecule has 0 amide bonds. The van der Waals surface area contributed by atoms with E-state index in [1.165, 1.54) is 0 Å². The third-order valence-electron chi connectivity index (χ3n) is 4.42. The predicted molar refractivity (Wildman–Crippen MR) is 120 cm³/mol. The van der Waals surface area contributed by atoms with Gasteiger partial charge in [0.1, 0.15) is 17.3 Å². The Morgan fingerprint density at radius 3 is 1.74 bits per heavy atom. The van der Waals surface area contributed by atoms with Crippen LogP contribution in [0.15, 0.2) is 60.8 Å². The molecule has 31 heavy (non-hydrogen) atoms. The van der Waals surface area contributed by atoms with Gasteiger partial charge in [-0.3, -0.25) is 0 Å². The quantitative estimate of drug-likeness (QED) is 0.335. The molecule has 0 radical (unpaired) electrons. The topological polar surface area (TPSA) is 43.8 Å². The van der Waals surface area contributed by atoms with Gasteiger partial charge in [-0.05, 0) is 64.0 Å². The van der Waals surface area contributed by atoms with Crippen molar-refractivity contribution in [1.82, 2.24) is 4.98 Å². The number of nitrogens with zero attached hydrogens (tertiary/aromatic N) is 2. The van der Waals surface area contributed by atoms with Crippen molar-refractivity contribution >= 4 is 28.4 Å². The summed E-state index contributed by atoms with van der Waals surface area (Å²) in [7, 11) is 3.20. The highest BCUT2D eigenvalue weighted by molar-refractivity contribution is 14.1. The molecule has 0 spiro atoms. The minimum Gasteiger partial charge on any atom is -0.497 e. The summed E-state index contributed by atoms with van der Waals surface area (Å²) in [6, 6.07) is 16.8. The Balaban J connectivity index is 1.88. The summed E-state index contributed by atoms with van der Waals surface area (Å²) in [5, 5.41) is 0. The van der Waals surface area contributed by atoms with Crippen LogP contribution in [0.3, 0.4) is 0 Å². The van der Waals surface area contributed by atoms with Gasteiger partial charge in [-0.1, -0.05) is 24.3 Å². The minimum atomic E-state index is -4.77. The lowest BCUT2D eigenvalue weighted by atomic mass is 10.1. The van der Waals surface area contributed by atoms with Crippen LogP contribution in [0.4, 0.5) is 19.0 Å². The average Bonchev–Trinajstić information content (AvgIpc) is 2.75. The molecule has 5 nitrogen and oxygen atoms in total. The van der Waals surface area contributed by atoms with Gasteiger partial charge in [0.05, 0.1) is 24.0 Å². The number of ether oxygens (including phenoxy) is 3. The van der Waals surface area contributed by atoms with Crippen LogP contribution in [-0.4, -0.2) is 25.6 Å². The van der Waals surface area contributed by atoms with E-state index in [-0.39, 0.29) is 5.75 Å². The SMILES string of the molecule is COc1ccc(CN(Cc2ccc(OC)cc2)c2cc(I)c(OC(F)(F)F)cn2)cc1. The third kappa shape index (κ3) is 6.65. The highest BCUT2D eigenvalue weighted by Crippen LogP contribution is 2.30. The first-order valence-corrected chi connectivity index (χ1v) is 10.3. The normalized spacial score (nSPS) is 11.2. The predicted octanol–water partition coefficient (Wildman–Crippen LogP) is 5.81. The first kappa shape index (κ1) is 23.0. The molecule has 164 valence electrons. The van der Waals surface area contributed by atoms with Gasteiger partial charge in [-0.25, -0.2) is 4.98 Å². The van der Waals surface area contributed by atoms with Crippen molar-refractivity contribution in [2.75, 3.05) is 19.1 Å². The zero-order valence-corrected chi connectivity index (χ0v) is 19.0. The minimum absolute atomic E-state index is 0.314. The summed E-state index contributed by atoms with van der Waals surface area (Å²) < 4.78 is 52.5. The van der Waals surface area contributed by atoms with E-state index >= 15 is 0 Å². The van der Waals surface area contributed by atoms with Crippen LogP contribution in [0.2, 0.25) is 0 Å². The summed E-state index contributed by atoms with van der Waals surface area (Å²) in [4.78, 5) is 6.21. The summed E-state index contributed by atoms with van der Waals surface area (Å²) in [5.41, 5.74) is 2.00. The zero-order valence-electron chi connectivity index (χ0n) is 16.8. The fraction of sp³-hybridized carbons (Fsp3) is 0.227. The van der Waals surface area contributed by atoms with Gasteiger partial charge in [0.15, 0.2) is 5.75 Å². The monoisotopic (exact) mass is 544 g/mol. The Bertz CT molecular complexity index is 947. The lowest BCUT2D eigenvalue weighted by Crippen LogP contribution is -2.24. The molecule has 0 N–H and O–H groups in total. The van der Waals surface area contributed by atoms with Gasteiger partial charge in [-0.15, -0.1) is 13.2 Å². The van der Waals surface area contributed by atoms with Gasteiger partial charge in [-0.2, -0.15) is 0 Å². The van der Waals surface area contributed by atoms with Crippen LogP contribution in [0.25, 0.3) is 0 Å². The molecule has 1 heterocycles. The van der Waals surface area contributed by atoms with E-state index in [0.717, 1.165) is 28.8 Å². The molecule has 0 saturated carbocycles. The number of halogens is 4. The number of benzene rings is 2. The van der Waals surface area contributed by atoms with Crippen LogP contribution >= 0.6 is 22.6 Å². The number of anilines is 1. The molecule has 0 aliphatic heterocycles. The smallest absolute Gasteiger partial charge is 0.497 e. The van der Waals surface area contributed by atoms with Crippen molar-refractivity contribution in [1.29, 1.82) is 0 Å². The summed E-state index contributed by atoms with van der Waals surface area (Å²) in [6.07, 6.45) is -3.67. The number of methoxy groups -OCH3 is 2. The van der Waals surface area contributed by atoms with Crippen molar-refractivity contribution in [3.05, 3.63) is 75.5 Å². The second-order valence-electron chi connectivity index (χ2n) is 6.57. The van der Waals surface area contributed by atoms with E-state index in [0.29, 0.717) is 22.5 Å². The highest BCUT2D eigenvalue weighted by Gasteiger charge is 2.32. The number of hydrogen-bond acceptors (Lipinski definition) is 5. The van der Waals surface area contributed by atoms with Gasteiger partial charge < -0.3 is 19.1 Å². The van der Waals surface area contributed by atoms with Crippen molar-refractivity contribution in [3.8, 4) is 17.2 Å². The highest BCUT2D eigenvalue weighted by atomic mass is 127. The summed E-state index contributed by atoms with van der Waals surface area (Å²) >= 11 is 1.82. The molecule has 0 aliphatic rings. The Labute approximate surface area is 191 Å². The lowest BCUT2D eigenvalue weighted by molar-refractivity contribution is -0.275. The molecular formula is C22H20F3IN2O3. The first-order valence-electron chi connectivity index (χ1n) is 9.19. The molecule has 3 aromatic rings. The van der Waals surface area contributed by atoms with E-state index < -0.39 is 6.36 Å². The molecule has 0 fully saturated rings. The van der Waals surface area contributed by atoms with E-state index in [9.17, 15) is 13.2 Å². The third-order valence-corrected chi connectivity index (χ3v) is 5.26. The van der Waals surface area contributed by atoms with Gasteiger partial charge >= 0.3 is 6.36 Å². The van der Waals surface area contributed by atoms with Gasteiger partial charge in [0, 0.05) is 13.1 Å². The van der Waals surface area contributed by atoms with E-state index in [4.69, 9.17) is 9.47 Å². The maximum atomic E-state index is 12.6. The van der Waals surface area contributed by atoms with Crippen LogP contribution in [0.5, 0.6) is 17.2 Å². The van der Waals surface area contributed by atoms with E-state index in [1.807, 2.05) is 76.0 Å². The number of aromatic nitrogens is 1. The van der Waals surface area contributed by atoms with Crippen molar-refractivity contribution in [2.24, 2.45) is 0 Å². The number of hydrogen-bond donors (Lipinski definition) is 0. The van der Waals surface area contributed by atoms with Gasteiger partial charge in [0.2, 0.25) is 0 Å². The molecule has 2 aromatic carbocycles. The maximum absolute atomic E-state index is 12.6. The average molecular weight is 544 g/mol. The Morgan fingerprint density at radius 2 is 1.35 bits per heavy atom. The summed E-state index contributed by atoms with van der Waals surface area (Å²) in [5.74, 6) is 1.69. The van der Waals surface area contributed by atoms with Crippen LogP contribution in [0.1, 0.15) is 11.1 Å². The molecule has 0 aliphatic carbocycles.